The van der Waals surface area contributed by atoms with Crippen molar-refractivity contribution in [2.24, 2.45) is 23.7 Å². The second-order valence-electron chi connectivity index (χ2n) is 12.9. The molecule has 37 heavy (non-hydrogen) atoms. The molecular weight excluding hydrogens is 450 g/mol. The molecule has 1 aromatic carbocycles. The molecule has 3 aliphatic rings. The minimum absolute atomic E-state index is 0.0871. The van der Waals surface area contributed by atoms with E-state index < -0.39 is 0 Å². The minimum Gasteiger partial charge on any atom is -0.339 e. The molecule has 206 valence electrons. The van der Waals surface area contributed by atoms with E-state index in [2.05, 4.69) is 38.6 Å². The summed E-state index contributed by atoms with van der Waals surface area (Å²) in [7, 11) is 1.96. The van der Waals surface area contributed by atoms with Crippen LogP contribution in [0.2, 0.25) is 0 Å². The lowest BCUT2D eigenvalue weighted by atomic mass is 9.65. The molecule has 0 heterocycles. The fourth-order valence-electron chi connectivity index (χ4n) is 8.37. The third-order valence-electron chi connectivity index (χ3n) is 10.8. The molecular formula is C35H55NO. The number of unbranched alkanes of at least 4 members (excludes halogenated alkanes) is 2. The lowest BCUT2D eigenvalue weighted by molar-refractivity contribution is -0.127. The Kier molecular flexibility index (Phi) is 10.8. The van der Waals surface area contributed by atoms with Crippen LogP contribution in [0.5, 0.6) is 0 Å². The van der Waals surface area contributed by atoms with E-state index in [1.54, 1.807) is 16.7 Å². The topological polar surface area (TPSA) is 20.3 Å². The SMILES string of the molecule is C=CC(=O)N(C)C1CCC(C2CCC(C3CCC(c4ccc(CCCCC)cc4CC)CC3)CC2)CC1. The first kappa shape index (κ1) is 28.4. The first-order valence-electron chi connectivity index (χ1n) is 16.0. The van der Waals surface area contributed by atoms with Gasteiger partial charge in [0.15, 0.2) is 0 Å². The lowest BCUT2D eigenvalue weighted by Crippen LogP contribution is -2.39. The summed E-state index contributed by atoms with van der Waals surface area (Å²) in [5.41, 5.74) is 4.87. The Bertz CT molecular complexity index is 850. The van der Waals surface area contributed by atoms with Crippen LogP contribution in [0.4, 0.5) is 0 Å². The van der Waals surface area contributed by atoms with Gasteiger partial charge in [-0.3, -0.25) is 4.79 Å². The Hall–Kier alpha value is -1.57. The molecule has 0 atom stereocenters. The van der Waals surface area contributed by atoms with Crippen LogP contribution in [0.1, 0.15) is 133 Å². The van der Waals surface area contributed by atoms with Crippen LogP contribution in [0, 0.1) is 23.7 Å². The Balaban J connectivity index is 1.21. The second-order valence-corrected chi connectivity index (χ2v) is 12.9. The summed E-state index contributed by atoms with van der Waals surface area (Å²) >= 11 is 0. The van der Waals surface area contributed by atoms with Gasteiger partial charge < -0.3 is 4.90 Å². The van der Waals surface area contributed by atoms with E-state index in [1.807, 2.05) is 11.9 Å². The summed E-state index contributed by atoms with van der Waals surface area (Å²) in [6.45, 7) is 8.31. The lowest BCUT2D eigenvalue weighted by Gasteiger charge is -2.42. The molecule has 0 spiro atoms. The molecule has 0 aliphatic heterocycles. The summed E-state index contributed by atoms with van der Waals surface area (Å²) < 4.78 is 0. The average molecular weight is 506 g/mol. The molecule has 3 fully saturated rings. The van der Waals surface area contributed by atoms with Gasteiger partial charge in [-0.2, -0.15) is 0 Å². The van der Waals surface area contributed by atoms with Crippen molar-refractivity contribution in [1.82, 2.24) is 4.90 Å². The van der Waals surface area contributed by atoms with Gasteiger partial charge >= 0.3 is 0 Å². The van der Waals surface area contributed by atoms with Gasteiger partial charge in [0.1, 0.15) is 0 Å². The third-order valence-corrected chi connectivity index (χ3v) is 10.8. The second kappa shape index (κ2) is 14.0. The predicted molar refractivity (Wildman–Crippen MR) is 158 cm³/mol. The number of rotatable bonds is 10. The van der Waals surface area contributed by atoms with Crippen molar-refractivity contribution in [2.45, 2.75) is 135 Å². The van der Waals surface area contributed by atoms with Crippen molar-refractivity contribution in [3.05, 3.63) is 47.5 Å². The zero-order valence-electron chi connectivity index (χ0n) is 24.4. The highest BCUT2D eigenvalue weighted by molar-refractivity contribution is 5.87. The van der Waals surface area contributed by atoms with Crippen LogP contribution in [0.3, 0.4) is 0 Å². The highest BCUT2D eigenvalue weighted by Crippen LogP contribution is 2.47. The monoisotopic (exact) mass is 505 g/mol. The van der Waals surface area contributed by atoms with Gasteiger partial charge in [-0.25, -0.2) is 0 Å². The summed E-state index contributed by atoms with van der Waals surface area (Å²) in [4.78, 5) is 13.9. The van der Waals surface area contributed by atoms with Crippen molar-refractivity contribution in [1.29, 1.82) is 0 Å². The van der Waals surface area contributed by atoms with E-state index in [1.165, 1.54) is 115 Å². The van der Waals surface area contributed by atoms with Crippen LogP contribution >= 0.6 is 0 Å². The Morgan fingerprint density at radius 2 is 1.38 bits per heavy atom. The number of hydrogen-bond donors (Lipinski definition) is 0. The number of nitrogens with zero attached hydrogens (tertiary/aromatic N) is 1. The molecule has 0 radical (unpaired) electrons. The molecule has 0 unspecified atom stereocenters. The predicted octanol–water partition coefficient (Wildman–Crippen LogP) is 9.27. The van der Waals surface area contributed by atoms with Crippen molar-refractivity contribution < 1.29 is 4.79 Å². The van der Waals surface area contributed by atoms with Gasteiger partial charge in [-0.1, -0.05) is 51.5 Å². The Labute approximate surface area is 228 Å². The number of benzene rings is 1. The van der Waals surface area contributed by atoms with E-state index in [9.17, 15) is 4.79 Å². The Morgan fingerprint density at radius 1 is 0.838 bits per heavy atom. The molecule has 3 saturated carbocycles. The van der Waals surface area contributed by atoms with Crippen LogP contribution in [0.15, 0.2) is 30.9 Å². The molecule has 4 rings (SSSR count). The van der Waals surface area contributed by atoms with Crippen LogP contribution in [-0.2, 0) is 17.6 Å². The van der Waals surface area contributed by atoms with Gasteiger partial charge in [-0.05, 0) is 149 Å². The van der Waals surface area contributed by atoms with E-state index in [4.69, 9.17) is 0 Å². The number of amides is 1. The standard InChI is InChI=1S/C35H55NO/c1-5-8-9-10-26-11-24-34(27(6-2)25-26)32-18-16-30(17-19-32)28-12-14-29(15-13-28)31-20-22-33(23-21-31)36(4)35(37)7-3/h7,11,24-25,28-33H,3,5-6,8-10,12-23H2,1-2,4H3. The summed E-state index contributed by atoms with van der Waals surface area (Å²) in [6, 6.07) is 7.93. The molecule has 0 saturated heterocycles. The van der Waals surface area contributed by atoms with Gasteiger partial charge in [0.05, 0.1) is 0 Å². The highest BCUT2D eigenvalue weighted by atomic mass is 16.2. The molecule has 3 aliphatic carbocycles. The van der Waals surface area contributed by atoms with Crippen LogP contribution in [0.25, 0.3) is 0 Å². The summed E-state index contributed by atoms with van der Waals surface area (Å²) in [6.07, 6.45) is 24.5. The molecule has 1 amide bonds. The molecule has 1 aromatic rings. The fraction of sp³-hybridized carbons (Fsp3) is 0.743. The average Bonchev–Trinajstić information content (AvgIpc) is 2.96. The van der Waals surface area contributed by atoms with Crippen LogP contribution < -0.4 is 0 Å². The van der Waals surface area contributed by atoms with E-state index in [-0.39, 0.29) is 5.91 Å². The van der Waals surface area contributed by atoms with E-state index in [0.29, 0.717) is 6.04 Å². The summed E-state index contributed by atoms with van der Waals surface area (Å²) in [5.74, 6) is 4.69. The zero-order chi connectivity index (χ0) is 26.2. The number of hydrogen-bond acceptors (Lipinski definition) is 1. The van der Waals surface area contributed by atoms with Gasteiger partial charge in [0.25, 0.3) is 0 Å². The van der Waals surface area contributed by atoms with Gasteiger partial charge in [0, 0.05) is 13.1 Å². The van der Waals surface area contributed by atoms with E-state index in [0.717, 1.165) is 29.6 Å². The fourth-order valence-corrected chi connectivity index (χ4v) is 8.37. The molecule has 2 heteroatoms. The van der Waals surface area contributed by atoms with Crippen molar-refractivity contribution in [3.8, 4) is 0 Å². The zero-order valence-corrected chi connectivity index (χ0v) is 24.4. The largest absolute Gasteiger partial charge is 0.339 e. The third kappa shape index (κ3) is 7.30. The smallest absolute Gasteiger partial charge is 0.245 e. The molecule has 0 N–H and O–H groups in total. The number of carbonyl (C=O) groups excluding carboxylic acids is 1. The normalized spacial score (nSPS) is 30.6. The number of likely N-dealkylation sites (N-methyl/N-ethyl adjacent to an activating group) is 1. The number of aryl methyl sites for hydroxylation is 2. The Morgan fingerprint density at radius 3 is 1.89 bits per heavy atom. The molecule has 0 aromatic heterocycles. The maximum absolute atomic E-state index is 12.0. The van der Waals surface area contributed by atoms with Gasteiger partial charge in [-0.15, -0.1) is 0 Å². The maximum atomic E-state index is 12.0. The van der Waals surface area contributed by atoms with Gasteiger partial charge in [0.2, 0.25) is 5.91 Å². The maximum Gasteiger partial charge on any atom is 0.245 e. The first-order valence-corrected chi connectivity index (χ1v) is 16.0. The molecule has 0 bridgehead atoms. The highest BCUT2D eigenvalue weighted by Gasteiger charge is 2.35. The van der Waals surface area contributed by atoms with Crippen LogP contribution in [-0.4, -0.2) is 23.9 Å². The van der Waals surface area contributed by atoms with Crippen molar-refractivity contribution in [2.75, 3.05) is 7.05 Å². The summed E-state index contributed by atoms with van der Waals surface area (Å²) in [5, 5.41) is 0. The van der Waals surface area contributed by atoms with Crippen molar-refractivity contribution in [3.63, 3.8) is 0 Å². The van der Waals surface area contributed by atoms with Crippen molar-refractivity contribution >= 4 is 5.91 Å². The quantitative estimate of drug-likeness (QED) is 0.229. The minimum atomic E-state index is 0.0871. The first-order chi connectivity index (χ1) is 18.0. The van der Waals surface area contributed by atoms with E-state index >= 15 is 0 Å². The molecule has 2 nitrogen and oxygen atoms in total. The number of carbonyl (C=O) groups is 1.